The van der Waals surface area contributed by atoms with Gasteiger partial charge in [0.1, 0.15) is 0 Å². The summed E-state index contributed by atoms with van der Waals surface area (Å²) in [7, 11) is 0. The summed E-state index contributed by atoms with van der Waals surface area (Å²) in [4.78, 5) is 6.81. The van der Waals surface area contributed by atoms with Crippen molar-refractivity contribution < 1.29 is 0 Å². The molecular formula is C14H20ClN5. The van der Waals surface area contributed by atoms with Gasteiger partial charge in [0.25, 0.3) is 0 Å². The van der Waals surface area contributed by atoms with Gasteiger partial charge in [-0.3, -0.25) is 0 Å². The number of piperidine rings is 1. The smallest absolute Gasteiger partial charge is 0.245 e. The van der Waals surface area contributed by atoms with Gasteiger partial charge >= 0.3 is 0 Å². The van der Waals surface area contributed by atoms with Crippen molar-refractivity contribution in [3.8, 4) is 0 Å². The fourth-order valence-corrected chi connectivity index (χ4v) is 2.83. The predicted octanol–water partition coefficient (Wildman–Crippen LogP) is 2.35. The van der Waals surface area contributed by atoms with Crippen LogP contribution in [0.4, 0.5) is 5.95 Å². The summed E-state index contributed by atoms with van der Waals surface area (Å²) in [5, 5.41) is 8.77. The second-order valence-electron chi connectivity index (χ2n) is 5.25. The zero-order valence-electron chi connectivity index (χ0n) is 11.7. The molecule has 3 heterocycles. The van der Waals surface area contributed by atoms with Crippen LogP contribution < -0.4 is 10.2 Å². The third-order valence-electron chi connectivity index (χ3n) is 3.80. The highest BCUT2D eigenvalue weighted by atomic mass is 35.5. The molecule has 6 heteroatoms. The number of fused-ring (bicyclic) bond motifs is 1. The molecule has 0 spiro atoms. The van der Waals surface area contributed by atoms with Gasteiger partial charge in [-0.05, 0) is 38.4 Å². The van der Waals surface area contributed by atoms with Gasteiger partial charge in [0, 0.05) is 25.3 Å². The Labute approximate surface area is 123 Å². The van der Waals surface area contributed by atoms with Gasteiger partial charge in [0.05, 0.1) is 5.02 Å². The van der Waals surface area contributed by atoms with Gasteiger partial charge in [-0.25, -0.2) is 4.52 Å². The van der Waals surface area contributed by atoms with Crippen LogP contribution in [0.5, 0.6) is 0 Å². The number of likely N-dealkylation sites (N-methyl/N-ethyl adjacent to an activating group) is 1. The Kier molecular flexibility index (Phi) is 4.08. The van der Waals surface area contributed by atoms with Gasteiger partial charge in [-0.15, -0.1) is 5.10 Å². The van der Waals surface area contributed by atoms with Gasteiger partial charge in [0.15, 0.2) is 5.65 Å². The van der Waals surface area contributed by atoms with Crippen molar-refractivity contribution in [2.75, 3.05) is 24.5 Å². The summed E-state index contributed by atoms with van der Waals surface area (Å²) in [6.07, 6.45) is 5.62. The molecule has 5 nitrogen and oxygen atoms in total. The molecular weight excluding hydrogens is 274 g/mol. The van der Waals surface area contributed by atoms with E-state index in [4.69, 9.17) is 11.6 Å². The summed E-state index contributed by atoms with van der Waals surface area (Å²) >= 11 is 5.98. The van der Waals surface area contributed by atoms with Gasteiger partial charge in [-0.2, -0.15) is 4.98 Å². The van der Waals surface area contributed by atoms with Crippen LogP contribution in [0.15, 0.2) is 18.3 Å². The Balaban J connectivity index is 1.79. The summed E-state index contributed by atoms with van der Waals surface area (Å²) in [6, 6.07) is 4.28. The number of nitrogens with zero attached hydrogens (tertiary/aromatic N) is 4. The number of rotatable bonds is 4. The molecule has 0 bridgehead atoms. The summed E-state index contributed by atoms with van der Waals surface area (Å²) in [5.41, 5.74) is 0.833. The van der Waals surface area contributed by atoms with E-state index in [2.05, 4.69) is 27.2 Å². The van der Waals surface area contributed by atoms with Crippen LogP contribution in [-0.4, -0.2) is 40.3 Å². The fourth-order valence-electron chi connectivity index (χ4n) is 2.68. The van der Waals surface area contributed by atoms with E-state index in [1.807, 2.05) is 12.1 Å². The Morgan fingerprint density at radius 1 is 1.45 bits per heavy atom. The van der Waals surface area contributed by atoms with Gasteiger partial charge in [0.2, 0.25) is 5.95 Å². The van der Waals surface area contributed by atoms with Crippen molar-refractivity contribution in [1.29, 1.82) is 0 Å². The van der Waals surface area contributed by atoms with Crippen LogP contribution >= 0.6 is 11.6 Å². The quantitative estimate of drug-likeness (QED) is 0.940. The van der Waals surface area contributed by atoms with E-state index in [0.717, 1.165) is 31.2 Å². The normalized spacial score (nSPS) is 19.4. The minimum Gasteiger partial charge on any atom is -0.338 e. The molecule has 108 valence electrons. The van der Waals surface area contributed by atoms with E-state index in [1.165, 1.54) is 19.3 Å². The van der Waals surface area contributed by atoms with E-state index in [1.54, 1.807) is 10.7 Å². The maximum Gasteiger partial charge on any atom is 0.245 e. The third kappa shape index (κ3) is 2.88. The predicted molar refractivity (Wildman–Crippen MR) is 81.5 cm³/mol. The Bertz CT molecular complexity index is 576. The molecule has 0 amide bonds. The molecule has 0 aliphatic carbocycles. The van der Waals surface area contributed by atoms with Crippen LogP contribution in [0.2, 0.25) is 5.02 Å². The first-order valence-electron chi connectivity index (χ1n) is 7.26. The molecule has 1 fully saturated rings. The monoisotopic (exact) mass is 293 g/mol. The lowest BCUT2D eigenvalue weighted by atomic mass is 10.0. The zero-order valence-corrected chi connectivity index (χ0v) is 12.5. The summed E-state index contributed by atoms with van der Waals surface area (Å²) < 4.78 is 1.74. The fraction of sp³-hybridized carbons (Fsp3) is 0.571. The van der Waals surface area contributed by atoms with Crippen LogP contribution in [-0.2, 0) is 0 Å². The van der Waals surface area contributed by atoms with Crippen molar-refractivity contribution in [1.82, 2.24) is 19.9 Å². The highest BCUT2D eigenvalue weighted by Gasteiger charge is 2.18. The number of anilines is 1. The topological polar surface area (TPSA) is 45.5 Å². The molecule has 0 aromatic carbocycles. The maximum absolute atomic E-state index is 5.98. The van der Waals surface area contributed by atoms with E-state index < -0.39 is 0 Å². The van der Waals surface area contributed by atoms with Crippen LogP contribution in [0.1, 0.15) is 26.2 Å². The maximum atomic E-state index is 5.98. The Morgan fingerprint density at radius 2 is 2.35 bits per heavy atom. The molecule has 2 aromatic heterocycles. The largest absolute Gasteiger partial charge is 0.338 e. The average Bonchev–Trinajstić information content (AvgIpc) is 2.88. The first kappa shape index (κ1) is 13.6. The molecule has 1 aliphatic rings. The number of nitrogens with one attached hydrogen (secondary N) is 1. The highest BCUT2D eigenvalue weighted by Crippen LogP contribution is 2.16. The number of aromatic nitrogens is 3. The molecule has 2 aromatic rings. The number of hydrogen-bond donors (Lipinski definition) is 1. The molecule has 1 atom stereocenters. The van der Waals surface area contributed by atoms with Crippen LogP contribution in [0.3, 0.4) is 0 Å². The molecule has 0 saturated carbocycles. The second-order valence-corrected chi connectivity index (χ2v) is 5.68. The van der Waals surface area contributed by atoms with Crippen molar-refractivity contribution in [2.45, 2.75) is 32.2 Å². The van der Waals surface area contributed by atoms with Crippen molar-refractivity contribution in [3.63, 3.8) is 0 Å². The first-order chi connectivity index (χ1) is 9.76. The molecule has 1 aliphatic heterocycles. The summed E-state index contributed by atoms with van der Waals surface area (Å²) in [6.45, 7) is 5.13. The van der Waals surface area contributed by atoms with E-state index >= 15 is 0 Å². The van der Waals surface area contributed by atoms with Gasteiger partial charge < -0.3 is 10.2 Å². The second kappa shape index (κ2) is 5.97. The molecule has 1 unspecified atom stereocenters. The van der Waals surface area contributed by atoms with Crippen molar-refractivity contribution >= 4 is 23.2 Å². The summed E-state index contributed by atoms with van der Waals surface area (Å²) in [5.74, 6) is 0.780. The Hall–Kier alpha value is -1.33. The molecule has 3 rings (SSSR count). The minimum absolute atomic E-state index is 0.541. The van der Waals surface area contributed by atoms with Crippen LogP contribution in [0.25, 0.3) is 5.65 Å². The number of hydrogen-bond acceptors (Lipinski definition) is 4. The standard InChI is InChI=1S/C14H20ClN5/c1-2-19(10-12-5-3-4-8-16-12)14-17-13-7-6-11(15)9-20(13)18-14/h6-7,9,12,16H,2-5,8,10H2,1H3. The van der Waals surface area contributed by atoms with E-state index in [9.17, 15) is 0 Å². The molecule has 1 N–H and O–H groups in total. The zero-order chi connectivity index (χ0) is 13.9. The lowest BCUT2D eigenvalue weighted by Gasteiger charge is -2.29. The Morgan fingerprint density at radius 3 is 3.10 bits per heavy atom. The van der Waals surface area contributed by atoms with Crippen molar-refractivity contribution in [3.05, 3.63) is 23.4 Å². The lowest BCUT2D eigenvalue weighted by Crippen LogP contribution is -2.44. The first-order valence-corrected chi connectivity index (χ1v) is 7.64. The molecule has 1 saturated heterocycles. The molecule has 0 radical (unpaired) electrons. The van der Waals surface area contributed by atoms with Gasteiger partial charge in [-0.1, -0.05) is 18.0 Å². The van der Waals surface area contributed by atoms with Crippen molar-refractivity contribution in [2.24, 2.45) is 0 Å². The minimum atomic E-state index is 0.541. The number of halogens is 1. The SMILES string of the molecule is CCN(CC1CCCCN1)c1nc2ccc(Cl)cn2n1. The van der Waals surface area contributed by atoms with E-state index in [-0.39, 0.29) is 0 Å². The third-order valence-corrected chi connectivity index (χ3v) is 4.02. The highest BCUT2D eigenvalue weighted by molar-refractivity contribution is 6.30. The molecule has 20 heavy (non-hydrogen) atoms. The average molecular weight is 294 g/mol. The van der Waals surface area contributed by atoms with Crippen LogP contribution in [0, 0.1) is 0 Å². The number of pyridine rings is 1. The lowest BCUT2D eigenvalue weighted by molar-refractivity contribution is 0.399. The van der Waals surface area contributed by atoms with E-state index in [0.29, 0.717) is 11.1 Å².